The van der Waals surface area contributed by atoms with Gasteiger partial charge in [-0.1, -0.05) is 43.6 Å². The highest BCUT2D eigenvalue weighted by atomic mass is 79.9. The van der Waals surface area contributed by atoms with Gasteiger partial charge in [0.05, 0.1) is 0 Å². The predicted molar refractivity (Wildman–Crippen MR) is 78.9 cm³/mol. The van der Waals surface area contributed by atoms with E-state index < -0.39 is 0 Å². The number of hydrogen-bond donors (Lipinski definition) is 2. The van der Waals surface area contributed by atoms with Crippen LogP contribution in [0.5, 0.6) is 0 Å². The minimum atomic E-state index is 0.576. The van der Waals surface area contributed by atoms with Gasteiger partial charge in [0.15, 0.2) is 0 Å². The Bertz CT molecular complexity index is 309. The summed E-state index contributed by atoms with van der Waals surface area (Å²) in [7, 11) is 1.86. The number of benzene rings is 1. The Morgan fingerprint density at radius 3 is 2.06 bits per heavy atom. The Labute approximate surface area is 108 Å². The minimum absolute atomic E-state index is 0.576. The van der Waals surface area contributed by atoms with E-state index in [9.17, 15) is 0 Å². The van der Waals surface area contributed by atoms with E-state index in [-0.39, 0.29) is 0 Å². The van der Waals surface area contributed by atoms with Gasteiger partial charge < -0.3 is 10.7 Å². The van der Waals surface area contributed by atoms with Crippen LogP contribution in [-0.2, 0) is 0 Å². The second kappa shape index (κ2) is 10.7. The lowest BCUT2D eigenvalue weighted by atomic mass is 10.1. The summed E-state index contributed by atoms with van der Waals surface area (Å²) in [5.74, 6) is 0. The molecule has 0 atom stereocenters. The second-order valence-electron chi connectivity index (χ2n) is 2.56. The molecule has 0 bridgehead atoms. The third-order valence-corrected chi connectivity index (χ3v) is 2.15. The highest BCUT2D eigenvalue weighted by molar-refractivity contribution is 9.10. The van der Waals surface area contributed by atoms with Gasteiger partial charge in [-0.25, -0.2) is 0 Å². The van der Waals surface area contributed by atoms with Crippen molar-refractivity contribution in [1.29, 1.82) is 5.41 Å². The van der Waals surface area contributed by atoms with Gasteiger partial charge in [0.25, 0.3) is 0 Å². The Hall–Kier alpha value is -0.830. The summed E-state index contributed by atoms with van der Waals surface area (Å²) in [4.78, 5) is 0. The molecule has 0 saturated carbocycles. The average molecular weight is 287 g/mol. The molecule has 2 nitrogen and oxygen atoms in total. The normalized spacial score (nSPS) is 7.94. The zero-order valence-electron chi connectivity index (χ0n) is 11.1. The first-order valence-corrected chi connectivity index (χ1v) is 6.47. The standard InChI is InChI=1S/C9H11BrN2.2C2H6/c1-6(11)8-4-3-7(10)5-9(8)12-2;2*1-2/h3-5,11-12H,1-2H3;2*1-2H3. The van der Waals surface area contributed by atoms with Gasteiger partial charge >= 0.3 is 0 Å². The third kappa shape index (κ3) is 5.91. The highest BCUT2D eigenvalue weighted by Crippen LogP contribution is 2.21. The molecule has 2 N–H and O–H groups in total. The van der Waals surface area contributed by atoms with Crippen LogP contribution in [0.1, 0.15) is 40.2 Å². The van der Waals surface area contributed by atoms with E-state index in [1.54, 1.807) is 6.92 Å². The fourth-order valence-corrected chi connectivity index (χ4v) is 1.41. The smallest absolute Gasteiger partial charge is 0.0440 e. The lowest BCUT2D eigenvalue weighted by Gasteiger charge is -2.07. The van der Waals surface area contributed by atoms with Crippen molar-refractivity contribution < 1.29 is 0 Å². The number of rotatable bonds is 2. The van der Waals surface area contributed by atoms with Crippen molar-refractivity contribution in [2.24, 2.45) is 0 Å². The molecule has 0 aliphatic heterocycles. The lowest BCUT2D eigenvalue weighted by molar-refractivity contribution is 1.42. The minimum Gasteiger partial charge on any atom is -0.388 e. The van der Waals surface area contributed by atoms with E-state index >= 15 is 0 Å². The van der Waals surface area contributed by atoms with Crippen molar-refractivity contribution in [2.45, 2.75) is 34.6 Å². The van der Waals surface area contributed by atoms with Crippen LogP contribution in [0, 0.1) is 5.41 Å². The van der Waals surface area contributed by atoms with Crippen molar-refractivity contribution >= 4 is 27.3 Å². The fourth-order valence-electron chi connectivity index (χ4n) is 1.05. The van der Waals surface area contributed by atoms with E-state index in [2.05, 4.69) is 21.2 Å². The monoisotopic (exact) mass is 286 g/mol. The largest absolute Gasteiger partial charge is 0.388 e. The zero-order valence-corrected chi connectivity index (χ0v) is 12.7. The molecule has 0 aliphatic carbocycles. The van der Waals surface area contributed by atoms with Crippen LogP contribution in [0.25, 0.3) is 0 Å². The maximum Gasteiger partial charge on any atom is 0.0440 e. The van der Waals surface area contributed by atoms with Crippen LogP contribution in [0.3, 0.4) is 0 Å². The summed E-state index contributed by atoms with van der Waals surface area (Å²) in [6, 6.07) is 5.83. The van der Waals surface area contributed by atoms with Crippen LogP contribution in [0.15, 0.2) is 22.7 Å². The van der Waals surface area contributed by atoms with E-state index in [1.807, 2.05) is 52.9 Å². The first-order chi connectivity index (χ1) is 7.65. The van der Waals surface area contributed by atoms with Gasteiger partial charge in [-0.05, 0) is 25.1 Å². The van der Waals surface area contributed by atoms with Gasteiger partial charge in [0.1, 0.15) is 0 Å². The van der Waals surface area contributed by atoms with Crippen molar-refractivity contribution in [2.75, 3.05) is 12.4 Å². The first-order valence-electron chi connectivity index (χ1n) is 5.68. The number of anilines is 1. The molecule has 0 amide bonds. The van der Waals surface area contributed by atoms with E-state index in [0.29, 0.717) is 5.71 Å². The van der Waals surface area contributed by atoms with Gasteiger partial charge in [0, 0.05) is 28.5 Å². The van der Waals surface area contributed by atoms with Crippen LogP contribution in [-0.4, -0.2) is 12.8 Å². The topological polar surface area (TPSA) is 35.9 Å². The van der Waals surface area contributed by atoms with Gasteiger partial charge in [0.2, 0.25) is 0 Å². The van der Waals surface area contributed by atoms with Gasteiger partial charge in [-0.15, -0.1) is 0 Å². The number of nitrogens with one attached hydrogen (secondary N) is 2. The SMILES string of the molecule is CC.CC.CNc1cc(Br)ccc1C(C)=N. The first kappa shape index (κ1) is 17.6. The zero-order chi connectivity index (χ0) is 13.1. The molecule has 0 spiro atoms. The Morgan fingerprint density at radius 2 is 1.69 bits per heavy atom. The van der Waals surface area contributed by atoms with Gasteiger partial charge in [-0.2, -0.15) is 0 Å². The van der Waals surface area contributed by atoms with Crippen molar-refractivity contribution in [3.8, 4) is 0 Å². The summed E-state index contributed by atoms with van der Waals surface area (Å²) in [5.41, 5.74) is 2.50. The van der Waals surface area contributed by atoms with E-state index in [0.717, 1.165) is 15.7 Å². The molecule has 1 rings (SSSR count). The molecule has 92 valence electrons. The predicted octanol–water partition coefficient (Wildman–Crippen LogP) is 4.93. The highest BCUT2D eigenvalue weighted by Gasteiger charge is 2.02. The molecule has 1 aromatic rings. The lowest BCUT2D eigenvalue weighted by Crippen LogP contribution is -1.99. The molecule has 16 heavy (non-hydrogen) atoms. The Kier molecular flexibility index (Phi) is 11.7. The molecule has 0 aromatic heterocycles. The average Bonchev–Trinajstić information content (AvgIpc) is 2.33. The molecule has 3 heteroatoms. The quantitative estimate of drug-likeness (QED) is 0.743. The molecule has 0 aliphatic rings. The summed E-state index contributed by atoms with van der Waals surface area (Å²) < 4.78 is 1.02. The summed E-state index contributed by atoms with van der Waals surface area (Å²) in [5, 5.41) is 10.5. The van der Waals surface area contributed by atoms with Crippen molar-refractivity contribution in [3.05, 3.63) is 28.2 Å². The molecule has 0 heterocycles. The molecular weight excluding hydrogens is 264 g/mol. The maximum absolute atomic E-state index is 7.49. The van der Waals surface area contributed by atoms with Crippen molar-refractivity contribution in [1.82, 2.24) is 0 Å². The third-order valence-electron chi connectivity index (χ3n) is 1.65. The summed E-state index contributed by atoms with van der Waals surface area (Å²) in [6.07, 6.45) is 0. The Morgan fingerprint density at radius 1 is 1.19 bits per heavy atom. The number of halogens is 1. The van der Waals surface area contributed by atoms with E-state index in [4.69, 9.17) is 5.41 Å². The summed E-state index contributed by atoms with van der Waals surface area (Å²) >= 11 is 3.38. The second-order valence-corrected chi connectivity index (χ2v) is 3.48. The van der Waals surface area contributed by atoms with Crippen molar-refractivity contribution in [3.63, 3.8) is 0 Å². The number of hydrogen-bond acceptors (Lipinski definition) is 2. The van der Waals surface area contributed by atoms with E-state index in [1.165, 1.54) is 0 Å². The van der Waals surface area contributed by atoms with Crippen LogP contribution >= 0.6 is 15.9 Å². The molecule has 0 fully saturated rings. The molecule has 1 aromatic carbocycles. The maximum atomic E-state index is 7.49. The van der Waals surface area contributed by atoms with Gasteiger partial charge in [-0.3, -0.25) is 0 Å². The fraction of sp³-hybridized carbons (Fsp3) is 0.462. The molecule has 0 unspecified atom stereocenters. The molecule has 0 radical (unpaired) electrons. The molecular formula is C13H23BrN2. The van der Waals surface area contributed by atoms with Crippen LogP contribution in [0.2, 0.25) is 0 Å². The summed E-state index contributed by atoms with van der Waals surface area (Å²) in [6.45, 7) is 9.78. The van der Waals surface area contributed by atoms with Crippen LogP contribution < -0.4 is 5.32 Å². The van der Waals surface area contributed by atoms with Crippen LogP contribution in [0.4, 0.5) is 5.69 Å². The molecule has 0 saturated heterocycles. The Balaban J connectivity index is 0.